The zero-order valence-corrected chi connectivity index (χ0v) is 13.2. The van der Waals surface area contributed by atoms with E-state index >= 15 is 0 Å². The van der Waals surface area contributed by atoms with Crippen LogP contribution in [0.5, 0.6) is 5.75 Å². The lowest BCUT2D eigenvalue weighted by Gasteiger charge is -2.18. The Balaban J connectivity index is 2.08. The van der Waals surface area contributed by atoms with E-state index in [0.717, 1.165) is 12.0 Å². The zero-order chi connectivity index (χ0) is 14.7. The molecule has 2 nitrogen and oxygen atoms in total. The molecule has 0 aliphatic carbocycles. The molecule has 2 N–H and O–H groups in total. The maximum Gasteiger partial charge on any atom is 0.125 e. The van der Waals surface area contributed by atoms with E-state index in [1.807, 2.05) is 19.1 Å². The zero-order valence-electron chi connectivity index (χ0n) is 10.8. The SMILES string of the molecule is CC(Cc1ccc(O)cc1)Nc1c(Cl)cc(F)cc1Br. The molecule has 0 amide bonds. The highest BCUT2D eigenvalue weighted by molar-refractivity contribution is 9.10. The van der Waals surface area contributed by atoms with E-state index in [1.165, 1.54) is 12.1 Å². The summed E-state index contributed by atoms with van der Waals surface area (Å²) in [6.07, 6.45) is 0.764. The van der Waals surface area contributed by atoms with Crippen LogP contribution in [0.4, 0.5) is 10.1 Å². The third kappa shape index (κ3) is 3.87. The van der Waals surface area contributed by atoms with Crippen molar-refractivity contribution in [2.75, 3.05) is 5.32 Å². The highest BCUT2D eigenvalue weighted by Crippen LogP contribution is 2.32. The van der Waals surface area contributed by atoms with Gasteiger partial charge in [-0.15, -0.1) is 0 Å². The molecule has 0 radical (unpaired) electrons. The quantitative estimate of drug-likeness (QED) is 0.807. The summed E-state index contributed by atoms with van der Waals surface area (Å²) < 4.78 is 13.8. The van der Waals surface area contributed by atoms with E-state index in [9.17, 15) is 9.50 Å². The molecule has 1 unspecified atom stereocenters. The third-order valence-electron chi connectivity index (χ3n) is 2.88. The lowest BCUT2D eigenvalue weighted by atomic mass is 10.1. The van der Waals surface area contributed by atoms with Crippen molar-refractivity contribution in [1.29, 1.82) is 0 Å². The largest absolute Gasteiger partial charge is 0.508 e. The summed E-state index contributed by atoms with van der Waals surface area (Å²) in [5.74, 6) is -0.128. The molecule has 0 spiro atoms. The number of phenolic OH excluding ortho intramolecular Hbond substituents is 1. The molecule has 0 bridgehead atoms. The molecule has 0 aromatic heterocycles. The number of hydrogen-bond donors (Lipinski definition) is 2. The molecule has 0 heterocycles. The summed E-state index contributed by atoms with van der Waals surface area (Å²) in [4.78, 5) is 0. The lowest BCUT2D eigenvalue weighted by Crippen LogP contribution is -2.18. The lowest BCUT2D eigenvalue weighted by molar-refractivity contribution is 0.475. The Hall–Kier alpha value is -1.26. The predicted molar refractivity (Wildman–Crippen MR) is 84.0 cm³/mol. The first kappa shape index (κ1) is 15.1. The molecular weight excluding hydrogens is 345 g/mol. The molecule has 2 aromatic carbocycles. The van der Waals surface area contributed by atoms with Crippen molar-refractivity contribution in [2.24, 2.45) is 0 Å². The van der Waals surface area contributed by atoms with E-state index in [-0.39, 0.29) is 17.6 Å². The van der Waals surface area contributed by atoms with Crippen LogP contribution < -0.4 is 5.32 Å². The monoisotopic (exact) mass is 357 g/mol. The Morgan fingerprint density at radius 3 is 2.55 bits per heavy atom. The van der Waals surface area contributed by atoms with Gasteiger partial charge in [0.05, 0.1) is 10.7 Å². The Bertz CT molecular complexity index is 580. The van der Waals surface area contributed by atoms with E-state index in [1.54, 1.807) is 12.1 Å². The van der Waals surface area contributed by atoms with E-state index in [0.29, 0.717) is 15.2 Å². The van der Waals surface area contributed by atoms with Gasteiger partial charge in [0.25, 0.3) is 0 Å². The van der Waals surface area contributed by atoms with Gasteiger partial charge in [0, 0.05) is 10.5 Å². The number of aromatic hydroxyl groups is 1. The van der Waals surface area contributed by atoms with Crippen molar-refractivity contribution < 1.29 is 9.50 Å². The van der Waals surface area contributed by atoms with Crippen LogP contribution in [0.25, 0.3) is 0 Å². The Labute approximate surface area is 130 Å². The smallest absolute Gasteiger partial charge is 0.125 e. The van der Waals surface area contributed by atoms with Gasteiger partial charge in [0.2, 0.25) is 0 Å². The van der Waals surface area contributed by atoms with Gasteiger partial charge in [-0.05, 0) is 59.1 Å². The third-order valence-corrected chi connectivity index (χ3v) is 3.80. The maximum absolute atomic E-state index is 13.2. The standard InChI is InChI=1S/C15H14BrClFNO/c1-9(6-10-2-4-12(20)5-3-10)19-15-13(16)7-11(18)8-14(15)17/h2-5,7-9,19-20H,6H2,1H3. The average Bonchev–Trinajstić information content (AvgIpc) is 2.36. The summed E-state index contributed by atoms with van der Waals surface area (Å²) in [7, 11) is 0. The number of hydrogen-bond acceptors (Lipinski definition) is 2. The molecular formula is C15H14BrClFNO. The van der Waals surface area contributed by atoms with Crippen LogP contribution >= 0.6 is 27.5 Å². The molecule has 0 aliphatic heterocycles. The van der Waals surface area contributed by atoms with Crippen LogP contribution in [-0.2, 0) is 6.42 Å². The van der Waals surface area contributed by atoms with Crippen LogP contribution in [0.15, 0.2) is 40.9 Å². The molecule has 1 atom stereocenters. The summed E-state index contributed by atoms with van der Waals surface area (Å²) in [5, 5.41) is 12.9. The summed E-state index contributed by atoms with van der Waals surface area (Å²) in [6, 6.07) is 9.82. The van der Waals surface area contributed by atoms with Gasteiger partial charge in [-0.3, -0.25) is 0 Å². The summed E-state index contributed by atoms with van der Waals surface area (Å²) >= 11 is 9.34. The summed E-state index contributed by atoms with van der Waals surface area (Å²) in [6.45, 7) is 2.01. The van der Waals surface area contributed by atoms with E-state index < -0.39 is 0 Å². The number of rotatable bonds is 4. The van der Waals surface area contributed by atoms with Gasteiger partial charge >= 0.3 is 0 Å². The first-order chi connectivity index (χ1) is 9.45. The van der Waals surface area contributed by atoms with Gasteiger partial charge < -0.3 is 10.4 Å². The van der Waals surface area contributed by atoms with Crippen LogP contribution in [0.1, 0.15) is 12.5 Å². The topological polar surface area (TPSA) is 32.3 Å². The van der Waals surface area contributed by atoms with Crippen LogP contribution in [0.2, 0.25) is 5.02 Å². The molecule has 5 heteroatoms. The highest BCUT2D eigenvalue weighted by Gasteiger charge is 2.11. The molecule has 2 rings (SSSR count). The van der Waals surface area contributed by atoms with Crippen molar-refractivity contribution >= 4 is 33.2 Å². The fourth-order valence-corrected chi connectivity index (χ4v) is 2.88. The molecule has 0 aliphatic rings. The second-order valence-corrected chi connectivity index (χ2v) is 5.92. The van der Waals surface area contributed by atoms with Gasteiger partial charge in [0.15, 0.2) is 0 Å². The maximum atomic E-state index is 13.2. The predicted octanol–water partition coefficient (Wildman–Crippen LogP) is 4.99. The Kier molecular flexibility index (Phi) is 4.89. The minimum Gasteiger partial charge on any atom is -0.508 e. The van der Waals surface area contributed by atoms with Gasteiger partial charge in [0.1, 0.15) is 11.6 Å². The van der Waals surface area contributed by atoms with Crippen LogP contribution in [0.3, 0.4) is 0 Å². The highest BCUT2D eigenvalue weighted by atomic mass is 79.9. The van der Waals surface area contributed by atoms with E-state index in [2.05, 4.69) is 21.2 Å². The van der Waals surface area contributed by atoms with Crippen LogP contribution in [0, 0.1) is 5.82 Å². The summed E-state index contributed by atoms with van der Waals surface area (Å²) in [5.41, 5.74) is 1.77. The molecule has 20 heavy (non-hydrogen) atoms. The van der Waals surface area contributed by atoms with Crippen molar-refractivity contribution in [2.45, 2.75) is 19.4 Å². The number of phenols is 1. The van der Waals surface area contributed by atoms with Crippen molar-refractivity contribution in [3.63, 3.8) is 0 Å². The number of benzene rings is 2. The van der Waals surface area contributed by atoms with E-state index in [4.69, 9.17) is 11.6 Å². The first-order valence-corrected chi connectivity index (χ1v) is 7.32. The normalized spacial score (nSPS) is 12.2. The number of nitrogens with one attached hydrogen (secondary N) is 1. The van der Waals surface area contributed by atoms with Gasteiger partial charge in [-0.25, -0.2) is 4.39 Å². The minimum atomic E-state index is -0.376. The molecule has 0 fully saturated rings. The Morgan fingerprint density at radius 2 is 1.95 bits per heavy atom. The van der Waals surface area contributed by atoms with Crippen molar-refractivity contribution in [3.05, 3.63) is 57.3 Å². The first-order valence-electron chi connectivity index (χ1n) is 6.14. The molecule has 2 aromatic rings. The molecule has 0 saturated heterocycles. The van der Waals surface area contributed by atoms with Gasteiger partial charge in [-0.2, -0.15) is 0 Å². The second-order valence-electron chi connectivity index (χ2n) is 4.66. The molecule has 106 valence electrons. The Morgan fingerprint density at radius 1 is 1.30 bits per heavy atom. The van der Waals surface area contributed by atoms with Gasteiger partial charge in [-0.1, -0.05) is 23.7 Å². The number of anilines is 1. The average molecular weight is 359 g/mol. The fraction of sp³-hybridized carbons (Fsp3) is 0.200. The molecule has 0 saturated carbocycles. The second kappa shape index (κ2) is 6.46. The minimum absolute atomic E-state index is 0.110. The van der Waals surface area contributed by atoms with Crippen molar-refractivity contribution in [3.8, 4) is 5.75 Å². The van der Waals surface area contributed by atoms with Crippen LogP contribution in [-0.4, -0.2) is 11.1 Å². The number of halogens is 3. The van der Waals surface area contributed by atoms with Crippen molar-refractivity contribution in [1.82, 2.24) is 0 Å². The fourth-order valence-electron chi connectivity index (χ4n) is 1.96.